The van der Waals surface area contributed by atoms with E-state index in [1.54, 1.807) is 6.07 Å². The van der Waals surface area contributed by atoms with Gasteiger partial charge in [-0.15, -0.1) is 0 Å². The smallest absolute Gasteiger partial charge is 0.244 e. The average Bonchev–Trinajstić information content (AvgIpc) is 3.16. The highest BCUT2D eigenvalue weighted by atomic mass is 19.1. The number of benzene rings is 1. The number of fused-ring (bicyclic) bond motifs is 1. The van der Waals surface area contributed by atoms with E-state index < -0.39 is 5.82 Å². The topological polar surface area (TPSA) is 47.3 Å². The average molecular weight is 313 g/mol. The number of carbonyl (C=O) groups is 1. The number of halogens is 1. The van der Waals surface area contributed by atoms with Crippen LogP contribution in [0.5, 0.6) is 0 Å². The Morgan fingerprint density at radius 1 is 1.35 bits per heavy atom. The van der Waals surface area contributed by atoms with Gasteiger partial charge in [-0.3, -0.25) is 9.80 Å². The maximum absolute atomic E-state index is 13.8. The van der Waals surface area contributed by atoms with Gasteiger partial charge < -0.3 is 0 Å². The second-order valence-electron chi connectivity index (χ2n) is 7.44. The van der Waals surface area contributed by atoms with Crippen molar-refractivity contribution in [1.29, 1.82) is 5.26 Å². The molecule has 3 aliphatic rings. The van der Waals surface area contributed by atoms with Gasteiger partial charge in [0.15, 0.2) is 0 Å². The molecule has 1 aromatic carbocycles. The largest absolute Gasteiger partial charge is 0.273 e. The minimum atomic E-state index is -0.412. The molecule has 0 N–H and O–H groups in total. The summed E-state index contributed by atoms with van der Waals surface area (Å²) in [6.45, 7) is 3.64. The standard InChI is InChI=1S/C18H20FN3O/c1-18(9-12-2-3-12)11-21-5-4-16(22(21)17(18)23)14-6-13(10-20)7-15(19)8-14/h6-8,12,16H,2-5,9,11H2,1H3/t16-,18?/m1/s1. The molecule has 1 saturated carbocycles. The maximum Gasteiger partial charge on any atom is 0.244 e. The van der Waals surface area contributed by atoms with Crippen LogP contribution in [0.25, 0.3) is 0 Å². The quantitative estimate of drug-likeness (QED) is 0.862. The van der Waals surface area contributed by atoms with Gasteiger partial charge in [-0.05, 0) is 49.4 Å². The van der Waals surface area contributed by atoms with E-state index >= 15 is 0 Å². The molecule has 2 aliphatic heterocycles. The summed E-state index contributed by atoms with van der Waals surface area (Å²) in [7, 11) is 0. The first-order valence-electron chi connectivity index (χ1n) is 8.29. The SMILES string of the molecule is CC1(CC2CC2)CN2CC[C@H](c3cc(F)cc(C#N)c3)N2C1=O. The van der Waals surface area contributed by atoms with Crippen LogP contribution in [0.1, 0.15) is 49.8 Å². The van der Waals surface area contributed by atoms with Crippen LogP contribution in [0.2, 0.25) is 0 Å². The molecule has 1 aliphatic carbocycles. The van der Waals surface area contributed by atoms with Gasteiger partial charge in [0.05, 0.1) is 23.1 Å². The van der Waals surface area contributed by atoms with Gasteiger partial charge in [0.25, 0.3) is 0 Å². The number of hydrogen-bond donors (Lipinski definition) is 0. The zero-order valence-corrected chi connectivity index (χ0v) is 13.3. The Morgan fingerprint density at radius 3 is 2.83 bits per heavy atom. The zero-order chi connectivity index (χ0) is 16.2. The minimum absolute atomic E-state index is 0.147. The van der Waals surface area contributed by atoms with Crippen molar-refractivity contribution in [2.75, 3.05) is 13.1 Å². The number of rotatable bonds is 3. The molecule has 120 valence electrons. The lowest BCUT2D eigenvalue weighted by molar-refractivity contribution is -0.143. The van der Waals surface area contributed by atoms with E-state index in [4.69, 9.17) is 5.26 Å². The summed E-state index contributed by atoms with van der Waals surface area (Å²) in [5.41, 5.74) is 0.726. The first kappa shape index (κ1) is 14.6. The molecule has 0 radical (unpaired) electrons. The Morgan fingerprint density at radius 2 is 2.13 bits per heavy atom. The number of nitriles is 1. The van der Waals surface area contributed by atoms with Crippen LogP contribution in [0.4, 0.5) is 4.39 Å². The van der Waals surface area contributed by atoms with E-state index in [1.807, 2.05) is 11.1 Å². The summed E-state index contributed by atoms with van der Waals surface area (Å²) in [6, 6.07) is 6.25. The van der Waals surface area contributed by atoms with Crippen molar-refractivity contribution < 1.29 is 9.18 Å². The normalized spacial score (nSPS) is 30.6. The van der Waals surface area contributed by atoms with Crippen LogP contribution < -0.4 is 0 Å². The Labute approximate surface area is 135 Å². The van der Waals surface area contributed by atoms with E-state index in [2.05, 4.69) is 11.9 Å². The number of amides is 1. The van der Waals surface area contributed by atoms with Gasteiger partial charge >= 0.3 is 0 Å². The highest BCUT2D eigenvalue weighted by Crippen LogP contribution is 2.48. The van der Waals surface area contributed by atoms with Crippen LogP contribution in [0.15, 0.2) is 18.2 Å². The summed E-state index contributed by atoms with van der Waals surface area (Å²) in [4.78, 5) is 13.0. The molecule has 2 heterocycles. The van der Waals surface area contributed by atoms with Gasteiger partial charge in [0.1, 0.15) is 5.82 Å². The summed E-state index contributed by atoms with van der Waals surface area (Å²) in [6.07, 6.45) is 4.22. The summed E-state index contributed by atoms with van der Waals surface area (Å²) in [5.74, 6) is 0.447. The van der Waals surface area contributed by atoms with E-state index in [1.165, 1.54) is 25.0 Å². The van der Waals surface area contributed by atoms with Crippen LogP contribution in [0.3, 0.4) is 0 Å². The monoisotopic (exact) mass is 313 g/mol. The molecule has 0 spiro atoms. The molecular weight excluding hydrogens is 293 g/mol. The van der Waals surface area contributed by atoms with Crippen LogP contribution in [-0.2, 0) is 4.79 Å². The molecule has 3 fully saturated rings. The second-order valence-corrected chi connectivity index (χ2v) is 7.44. The fraction of sp³-hybridized carbons (Fsp3) is 0.556. The van der Waals surface area contributed by atoms with Crippen molar-refractivity contribution in [2.45, 2.75) is 38.6 Å². The van der Waals surface area contributed by atoms with Crippen molar-refractivity contribution in [3.63, 3.8) is 0 Å². The lowest BCUT2D eigenvalue weighted by Gasteiger charge is -2.27. The molecular formula is C18H20FN3O. The lowest BCUT2D eigenvalue weighted by Crippen LogP contribution is -2.36. The third-order valence-corrected chi connectivity index (χ3v) is 5.39. The number of carbonyl (C=O) groups excluding carboxylic acids is 1. The van der Waals surface area contributed by atoms with Gasteiger partial charge in [-0.2, -0.15) is 5.26 Å². The van der Waals surface area contributed by atoms with Gasteiger partial charge in [0, 0.05) is 13.1 Å². The Kier molecular flexibility index (Phi) is 3.21. The molecule has 0 bridgehead atoms. The molecule has 23 heavy (non-hydrogen) atoms. The van der Waals surface area contributed by atoms with Crippen molar-refractivity contribution in [2.24, 2.45) is 11.3 Å². The fourth-order valence-corrected chi connectivity index (χ4v) is 4.16. The number of nitrogens with zero attached hydrogens (tertiary/aromatic N) is 3. The fourth-order valence-electron chi connectivity index (χ4n) is 4.16. The molecule has 2 atom stereocenters. The van der Waals surface area contributed by atoms with Crippen molar-refractivity contribution >= 4 is 5.91 Å². The molecule has 4 rings (SSSR count). The van der Waals surface area contributed by atoms with Gasteiger partial charge in [0.2, 0.25) is 5.91 Å². The molecule has 1 unspecified atom stereocenters. The predicted octanol–water partition coefficient (Wildman–Crippen LogP) is 3.01. The molecule has 2 saturated heterocycles. The predicted molar refractivity (Wildman–Crippen MR) is 82.3 cm³/mol. The third-order valence-electron chi connectivity index (χ3n) is 5.39. The van der Waals surface area contributed by atoms with Crippen LogP contribution in [0, 0.1) is 28.5 Å². The zero-order valence-electron chi connectivity index (χ0n) is 13.3. The Balaban J connectivity index is 1.63. The second kappa shape index (κ2) is 5.04. The van der Waals surface area contributed by atoms with E-state index in [9.17, 15) is 9.18 Å². The summed E-state index contributed by atoms with van der Waals surface area (Å²) in [5, 5.41) is 13.0. The van der Waals surface area contributed by atoms with Crippen LogP contribution >= 0.6 is 0 Å². The molecule has 1 aromatic rings. The lowest BCUT2D eigenvalue weighted by atomic mass is 9.84. The number of hydrogen-bond acceptors (Lipinski definition) is 3. The third kappa shape index (κ3) is 2.42. The number of hydrazine groups is 1. The minimum Gasteiger partial charge on any atom is -0.273 e. The van der Waals surface area contributed by atoms with Crippen LogP contribution in [-0.4, -0.2) is 29.0 Å². The van der Waals surface area contributed by atoms with E-state index in [-0.39, 0.29) is 17.4 Å². The highest BCUT2D eigenvalue weighted by molar-refractivity contribution is 5.85. The van der Waals surface area contributed by atoms with Crippen molar-refractivity contribution in [3.8, 4) is 6.07 Å². The molecule has 4 nitrogen and oxygen atoms in total. The van der Waals surface area contributed by atoms with Gasteiger partial charge in [-0.25, -0.2) is 9.40 Å². The van der Waals surface area contributed by atoms with E-state index in [0.717, 1.165) is 31.5 Å². The first-order valence-corrected chi connectivity index (χ1v) is 8.29. The summed E-state index contributed by atoms with van der Waals surface area (Å²) < 4.78 is 13.8. The molecule has 5 heteroatoms. The molecule has 1 amide bonds. The summed E-state index contributed by atoms with van der Waals surface area (Å²) >= 11 is 0. The van der Waals surface area contributed by atoms with Crippen molar-refractivity contribution in [3.05, 3.63) is 35.1 Å². The Bertz CT molecular complexity index is 709. The van der Waals surface area contributed by atoms with Crippen molar-refractivity contribution in [1.82, 2.24) is 10.0 Å². The maximum atomic E-state index is 13.8. The molecule has 0 aromatic heterocycles. The first-order chi connectivity index (χ1) is 11.0. The van der Waals surface area contributed by atoms with Gasteiger partial charge in [-0.1, -0.05) is 12.8 Å². The Hall–Kier alpha value is -1.93. The highest BCUT2D eigenvalue weighted by Gasteiger charge is 2.54. The van der Waals surface area contributed by atoms with E-state index in [0.29, 0.717) is 11.5 Å².